The van der Waals surface area contributed by atoms with Gasteiger partial charge in [-0.05, 0) is 23.8 Å². The van der Waals surface area contributed by atoms with Crippen LogP contribution in [0.1, 0.15) is 28.1 Å². The number of esters is 1. The molecule has 0 aliphatic carbocycles. The van der Waals surface area contributed by atoms with E-state index in [0.29, 0.717) is 15.8 Å². The van der Waals surface area contributed by atoms with Crippen molar-refractivity contribution in [3.05, 3.63) is 55.6 Å². The van der Waals surface area contributed by atoms with Crippen LogP contribution in [0.2, 0.25) is 4.34 Å². The number of carbonyl (C=O) groups is 3. The monoisotopic (exact) mass is 457 g/mol. The highest BCUT2D eigenvalue weighted by Gasteiger charge is 2.15. The van der Waals surface area contributed by atoms with E-state index < -0.39 is 5.97 Å². The summed E-state index contributed by atoms with van der Waals surface area (Å²) in [6.45, 7) is 0.0498. The molecule has 0 N–H and O–H groups in total. The Balaban J connectivity index is 1.73. The van der Waals surface area contributed by atoms with Crippen molar-refractivity contribution in [3.8, 4) is 0 Å². The molecule has 0 radical (unpaired) electrons. The number of benzene rings is 1. The van der Waals surface area contributed by atoms with Gasteiger partial charge in [0.05, 0.1) is 15.6 Å². The maximum absolute atomic E-state index is 12.1. The van der Waals surface area contributed by atoms with Gasteiger partial charge in [0.1, 0.15) is 0 Å². The molecule has 0 aliphatic heterocycles. The lowest BCUT2D eigenvalue weighted by molar-refractivity contribution is -0.151. The van der Waals surface area contributed by atoms with E-state index in [4.69, 9.17) is 16.3 Å². The van der Waals surface area contributed by atoms with E-state index in [-0.39, 0.29) is 31.1 Å². The minimum atomic E-state index is -0.580. The molecule has 0 unspecified atom stereocenters. The van der Waals surface area contributed by atoms with Gasteiger partial charge in [0.15, 0.2) is 12.4 Å². The number of carbonyl (C=O) groups excluding carboxylic acids is 3. The van der Waals surface area contributed by atoms with Crippen LogP contribution in [0.25, 0.3) is 0 Å². The molecule has 1 heterocycles. The average Bonchev–Trinajstić information content (AvgIpc) is 3.06. The van der Waals surface area contributed by atoms with Crippen LogP contribution in [0, 0.1) is 0 Å². The SMILES string of the molecule is CN(Cc1ccccc1Br)C(=O)COC(=O)CCC(=O)c1ccc(Cl)s1. The summed E-state index contributed by atoms with van der Waals surface area (Å²) in [6.07, 6.45) is -0.0494. The predicted octanol–water partition coefficient (Wildman–Crippen LogP) is 4.33. The first-order valence-electron chi connectivity index (χ1n) is 7.78. The first-order chi connectivity index (χ1) is 12.4. The number of amides is 1. The fourth-order valence-corrected chi connectivity index (χ4v) is 3.52. The number of rotatable bonds is 8. The lowest BCUT2D eigenvalue weighted by Crippen LogP contribution is -2.31. The van der Waals surface area contributed by atoms with Gasteiger partial charge in [0.2, 0.25) is 0 Å². The Morgan fingerprint density at radius 2 is 1.88 bits per heavy atom. The molecule has 5 nitrogen and oxygen atoms in total. The maximum Gasteiger partial charge on any atom is 0.306 e. The van der Waals surface area contributed by atoms with Gasteiger partial charge in [-0.15, -0.1) is 11.3 Å². The van der Waals surface area contributed by atoms with Gasteiger partial charge >= 0.3 is 5.97 Å². The second-order valence-corrected chi connectivity index (χ2v) is 8.10. The van der Waals surface area contributed by atoms with Crippen LogP contribution in [0.3, 0.4) is 0 Å². The Labute approximate surface area is 169 Å². The van der Waals surface area contributed by atoms with Crippen molar-refractivity contribution < 1.29 is 19.1 Å². The van der Waals surface area contributed by atoms with Crippen LogP contribution in [-0.2, 0) is 20.9 Å². The van der Waals surface area contributed by atoms with Crippen molar-refractivity contribution in [1.82, 2.24) is 4.90 Å². The Morgan fingerprint density at radius 1 is 1.15 bits per heavy atom. The zero-order chi connectivity index (χ0) is 19.1. The number of likely N-dealkylation sites (N-methyl/N-ethyl adjacent to an activating group) is 1. The topological polar surface area (TPSA) is 63.7 Å². The molecule has 0 fully saturated rings. The van der Waals surface area contributed by atoms with Crippen LogP contribution in [-0.4, -0.2) is 36.2 Å². The largest absolute Gasteiger partial charge is 0.456 e. The molecule has 8 heteroatoms. The van der Waals surface area contributed by atoms with Crippen LogP contribution in [0.15, 0.2) is 40.9 Å². The summed E-state index contributed by atoms with van der Waals surface area (Å²) in [5.41, 5.74) is 0.954. The molecule has 1 aromatic heterocycles. The third kappa shape index (κ3) is 6.23. The van der Waals surface area contributed by atoms with Gasteiger partial charge in [-0.3, -0.25) is 14.4 Å². The number of halogens is 2. The average molecular weight is 459 g/mol. The predicted molar refractivity (Wildman–Crippen MR) is 104 cm³/mol. The number of thiophene rings is 1. The highest BCUT2D eigenvalue weighted by atomic mass is 79.9. The summed E-state index contributed by atoms with van der Waals surface area (Å²) >= 11 is 10.4. The minimum absolute atomic E-state index is 0.0245. The van der Waals surface area contributed by atoms with Crippen LogP contribution in [0.4, 0.5) is 0 Å². The van der Waals surface area contributed by atoms with E-state index in [1.807, 2.05) is 24.3 Å². The molecule has 1 aromatic carbocycles. The summed E-state index contributed by atoms with van der Waals surface area (Å²) in [7, 11) is 1.64. The molecule has 1 amide bonds. The van der Waals surface area contributed by atoms with Crippen molar-refractivity contribution >= 4 is 56.5 Å². The number of hydrogen-bond donors (Lipinski definition) is 0. The lowest BCUT2D eigenvalue weighted by Gasteiger charge is -2.18. The zero-order valence-electron chi connectivity index (χ0n) is 14.0. The van der Waals surface area contributed by atoms with Crippen molar-refractivity contribution in [2.45, 2.75) is 19.4 Å². The summed E-state index contributed by atoms with van der Waals surface area (Å²) in [5.74, 6) is -1.06. The van der Waals surface area contributed by atoms with E-state index in [0.717, 1.165) is 10.0 Å². The second-order valence-electron chi connectivity index (χ2n) is 5.53. The molecule has 0 bridgehead atoms. The molecule has 2 aromatic rings. The molecule has 138 valence electrons. The molecular weight excluding hydrogens is 442 g/mol. The highest BCUT2D eigenvalue weighted by molar-refractivity contribution is 9.10. The zero-order valence-corrected chi connectivity index (χ0v) is 17.2. The first-order valence-corrected chi connectivity index (χ1v) is 9.77. The second kappa shape index (κ2) is 9.85. The van der Waals surface area contributed by atoms with Gasteiger partial charge in [0, 0.05) is 24.5 Å². The van der Waals surface area contributed by atoms with E-state index in [2.05, 4.69) is 15.9 Å². The molecule has 0 spiro atoms. The molecule has 2 rings (SSSR count). The quantitative estimate of drug-likeness (QED) is 0.436. The first kappa shape index (κ1) is 20.6. The molecular formula is C18H17BrClNO4S. The third-order valence-corrected chi connectivity index (χ3v) is 5.60. The molecule has 0 saturated carbocycles. The van der Waals surface area contributed by atoms with Crippen LogP contribution < -0.4 is 0 Å². The smallest absolute Gasteiger partial charge is 0.306 e. The third-order valence-electron chi connectivity index (χ3n) is 3.55. The van der Waals surface area contributed by atoms with Gasteiger partial charge in [-0.1, -0.05) is 45.7 Å². The highest BCUT2D eigenvalue weighted by Crippen LogP contribution is 2.23. The normalized spacial score (nSPS) is 10.4. The molecule has 0 saturated heterocycles. The summed E-state index contributed by atoms with van der Waals surface area (Å²) in [5, 5.41) is 0. The van der Waals surface area contributed by atoms with Gasteiger partial charge in [-0.25, -0.2) is 0 Å². The Hall–Kier alpha value is -1.70. The number of hydrogen-bond acceptors (Lipinski definition) is 5. The lowest BCUT2D eigenvalue weighted by atomic mass is 10.2. The van der Waals surface area contributed by atoms with Crippen molar-refractivity contribution in [1.29, 1.82) is 0 Å². The number of Topliss-reactive ketones (excluding diaryl/α,β-unsaturated/α-hetero) is 1. The van der Waals surface area contributed by atoms with E-state index in [1.54, 1.807) is 19.2 Å². The van der Waals surface area contributed by atoms with Crippen molar-refractivity contribution in [2.24, 2.45) is 0 Å². The van der Waals surface area contributed by atoms with Gasteiger partial charge < -0.3 is 9.64 Å². The van der Waals surface area contributed by atoms with Crippen molar-refractivity contribution in [2.75, 3.05) is 13.7 Å². The van der Waals surface area contributed by atoms with Crippen molar-refractivity contribution in [3.63, 3.8) is 0 Å². The van der Waals surface area contributed by atoms with Crippen LogP contribution in [0.5, 0.6) is 0 Å². The molecule has 0 aliphatic rings. The number of nitrogens with zero attached hydrogens (tertiary/aromatic N) is 1. The maximum atomic E-state index is 12.1. The Bertz CT molecular complexity index is 808. The van der Waals surface area contributed by atoms with Gasteiger partial charge in [-0.2, -0.15) is 0 Å². The van der Waals surface area contributed by atoms with Crippen LogP contribution >= 0.6 is 38.9 Å². The minimum Gasteiger partial charge on any atom is -0.456 e. The molecule has 0 atom stereocenters. The fraction of sp³-hybridized carbons (Fsp3) is 0.278. The van der Waals surface area contributed by atoms with Gasteiger partial charge in [0.25, 0.3) is 5.91 Å². The Morgan fingerprint density at radius 3 is 2.54 bits per heavy atom. The molecule has 26 heavy (non-hydrogen) atoms. The van der Waals surface area contributed by atoms with E-state index >= 15 is 0 Å². The van der Waals surface area contributed by atoms with E-state index in [9.17, 15) is 14.4 Å². The fourth-order valence-electron chi connectivity index (χ4n) is 2.10. The standard InChI is InChI=1S/C18H17BrClNO4S/c1-21(10-12-4-2-3-5-13(12)19)17(23)11-25-18(24)9-6-14(22)15-7-8-16(20)26-15/h2-5,7-8H,6,9-11H2,1H3. The summed E-state index contributed by atoms with van der Waals surface area (Å²) in [6, 6.07) is 10.8. The summed E-state index contributed by atoms with van der Waals surface area (Å²) < 4.78 is 6.40. The number of ketones is 1. The van der Waals surface area contributed by atoms with E-state index in [1.165, 1.54) is 16.2 Å². The summed E-state index contributed by atoms with van der Waals surface area (Å²) in [4.78, 5) is 37.7. The Kier molecular flexibility index (Phi) is 7.81. The number of ether oxygens (including phenoxy) is 1.